The first-order chi connectivity index (χ1) is 9.10. The Morgan fingerprint density at radius 2 is 1.80 bits per heavy atom. The van der Waals surface area contributed by atoms with Crippen LogP contribution in [-0.4, -0.2) is 34.5 Å². The Morgan fingerprint density at radius 1 is 1.20 bits per heavy atom. The van der Waals surface area contributed by atoms with E-state index in [1.807, 2.05) is 0 Å². The third kappa shape index (κ3) is 11.0. The van der Waals surface area contributed by atoms with Gasteiger partial charge in [0.05, 0.1) is 0 Å². The summed E-state index contributed by atoms with van der Waals surface area (Å²) in [6, 6.07) is 0. The molecule has 10 heteroatoms. The number of carbonyl (C=O) groups excluding carboxylic acids is 1. The van der Waals surface area contributed by atoms with E-state index >= 15 is 0 Å². The lowest BCUT2D eigenvalue weighted by Gasteiger charge is -2.19. The summed E-state index contributed by atoms with van der Waals surface area (Å²) >= 11 is 0. The molecule has 0 heterocycles. The molecular formula is C10H18N2O8. The van der Waals surface area contributed by atoms with Crippen molar-refractivity contribution >= 4 is 5.97 Å². The fraction of sp³-hybridized carbons (Fsp3) is 0.900. The van der Waals surface area contributed by atoms with Gasteiger partial charge in [-0.3, -0.25) is 4.79 Å². The largest absolute Gasteiger partial charge is 0.460 e. The van der Waals surface area contributed by atoms with Crippen LogP contribution in [0.25, 0.3) is 0 Å². The monoisotopic (exact) mass is 294 g/mol. The number of hydrogen-bond acceptors (Lipinski definition) is 8. The van der Waals surface area contributed by atoms with Crippen LogP contribution in [0.4, 0.5) is 0 Å². The van der Waals surface area contributed by atoms with Gasteiger partial charge in [-0.15, -0.1) is 20.2 Å². The standard InChI is InChI=1S/C10H18N2O8/c1-10(2,3)19-9(13)6-4-5-8(20-12(16)17)7-18-11(14)15/h8H,4-7H2,1-3H3. The lowest BCUT2D eigenvalue weighted by atomic mass is 10.1. The lowest BCUT2D eigenvalue weighted by Crippen LogP contribution is -2.26. The van der Waals surface area contributed by atoms with Crippen LogP contribution in [0.1, 0.15) is 40.0 Å². The van der Waals surface area contributed by atoms with Gasteiger partial charge < -0.3 is 14.4 Å². The quantitative estimate of drug-likeness (QED) is 0.353. The van der Waals surface area contributed by atoms with Crippen molar-refractivity contribution in [1.29, 1.82) is 0 Å². The summed E-state index contributed by atoms with van der Waals surface area (Å²) in [5, 5.41) is 18.1. The lowest BCUT2D eigenvalue weighted by molar-refractivity contribution is -0.790. The van der Waals surface area contributed by atoms with Gasteiger partial charge >= 0.3 is 5.97 Å². The van der Waals surface area contributed by atoms with Crippen molar-refractivity contribution in [2.24, 2.45) is 0 Å². The highest BCUT2D eigenvalue weighted by Crippen LogP contribution is 2.12. The van der Waals surface area contributed by atoms with Gasteiger partial charge in [-0.25, -0.2) is 0 Å². The molecule has 10 nitrogen and oxygen atoms in total. The van der Waals surface area contributed by atoms with Gasteiger partial charge in [0, 0.05) is 6.42 Å². The number of carbonyl (C=O) groups is 1. The SMILES string of the molecule is CC(C)(C)OC(=O)CCCC(CO[N+](=O)[O-])O[N+](=O)[O-]. The molecule has 0 N–H and O–H groups in total. The summed E-state index contributed by atoms with van der Waals surface area (Å²) in [6.45, 7) is 4.58. The fourth-order valence-electron chi connectivity index (χ4n) is 1.30. The molecule has 0 rings (SSSR count). The van der Waals surface area contributed by atoms with Crippen molar-refractivity contribution in [3.05, 3.63) is 20.2 Å². The zero-order valence-electron chi connectivity index (χ0n) is 11.6. The van der Waals surface area contributed by atoms with Crippen LogP contribution in [0.5, 0.6) is 0 Å². The average molecular weight is 294 g/mol. The summed E-state index contributed by atoms with van der Waals surface area (Å²) in [4.78, 5) is 39.9. The second kappa shape index (κ2) is 8.12. The molecule has 0 aliphatic rings. The zero-order valence-corrected chi connectivity index (χ0v) is 11.6. The average Bonchev–Trinajstić information content (AvgIpc) is 2.22. The summed E-state index contributed by atoms with van der Waals surface area (Å²) in [5.74, 6) is -0.451. The molecule has 0 aromatic carbocycles. The third-order valence-corrected chi connectivity index (χ3v) is 1.93. The second-order valence-corrected chi connectivity index (χ2v) is 4.95. The molecule has 0 aliphatic carbocycles. The third-order valence-electron chi connectivity index (χ3n) is 1.93. The number of nitrogens with zero attached hydrogens (tertiary/aromatic N) is 2. The highest BCUT2D eigenvalue weighted by Gasteiger charge is 2.19. The van der Waals surface area contributed by atoms with E-state index in [2.05, 4.69) is 9.68 Å². The van der Waals surface area contributed by atoms with Crippen LogP contribution in [0.15, 0.2) is 0 Å². The predicted octanol–water partition coefficient (Wildman–Crippen LogP) is 1.28. The molecular weight excluding hydrogens is 276 g/mol. The Balaban J connectivity index is 4.09. The Morgan fingerprint density at radius 3 is 2.25 bits per heavy atom. The van der Waals surface area contributed by atoms with Gasteiger partial charge in [0.25, 0.3) is 10.2 Å². The molecule has 0 fully saturated rings. The molecule has 0 bridgehead atoms. The van der Waals surface area contributed by atoms with E-state index in [1.54, 1.807) is 20.8 Å². The van der Waals surface area contributed by atoms with Gasteiger partial charge in [-0.2, -0.15) is 0 Å². The summed E-state index contributed by atoms with van der Waals surface area (Å²) < 4.78 is 5.05. The van der Waals surface area contributed by atoms with Crippen LogP contribution >= 0.6 is 0 Å². The molecule has 20 heavy (non-hydrogen) atoms. The molecule has 0 amide bonds. The number of esters is 1. The summed E-state index contributed by atoms with van der Waals surface area (Å²) in [5.41, 5.74) is -0.609. The van der Waals surface area contributed by atoms with E-state index < -0.39 is 34.5 Å². The maximum Gasteiger partial charge on any atom is 0.306 e. The number of hydrogen-bond donors (Lipinski definition) is 0. The Kier molecular flexibility index (Phi) is 7.26. The van der Waals surface area contributed by atoms with E-state index in [9.17, 15) is 25.0 Å². The van der Waals surface area contributed by atoms with E-state index in [1.165, 1.54) is 0 Å². The minimum absolute atomic E-state index is 0.0350. The van der Waals surface area contributed by atoms with Crippen LogP contribution in [0, 0.1) is 20.2 Å². The minimum Gasteiger partial charge on any atom is -0.460 e. The Hall–Kier alpha value is -2.13. The normalized spacial score (nSPS) is 12.3. The fourth-order valence-corrected chi connectivity index (χ4v) is 1.30. The molecule has 1 atom stereocenters. The first-order valence-electron chi connectivity index (χ1n) is 5.90. The van der Waals surface area contributed by atoms with Crippen molar-refractivity contribution < 1.29 is 29.4 Å². The topological polar surface area (TPSA) is 131 Å². The second-order valence-electron chi connectivity index (χ2n) is 4.95. The van der Waals surface area contributed by atoms with E-state index in [0.717, 1.165) is 0 Å². The molecule has 0 aliphatic heterocycles. The highest BCUT2D eigenvalue weighted by atomic mass is 17.0. The molecule has 0 saturated heterocycles. The van der Waals surface area contributed by atoms with Gasteiger partial charge in [-0.1, -0.05) is 0 Å². The molecule has 0 spiro atoms. The Bertz CT molecular complexity index is 352. The first kappa shape index (κ1) is 17.9. The smallest absolute Gasteiger partial charge is 0.306 e. The van der Waals surface area contributed by atoms with Crippen molar-refractivity contribution in [3.63, 3.8) is 0 Å². The molecule has 116 valence electrons. The van der Waals surface area contributed by atoms with Crippen molar-refractivity contribution in [2.45, 2.75) is 51.7 Å². The van der Waals surface area contributed by atoms with Crippen LogP contribution in [-0.2, 0) is 19.2 Å². The first-order valence-corrected chi connectivity index (χ1v) is 5.90. The molecule has 0 saturated carbocycles. The van der Waals surface area contributed by atoms with Crippen molar-refractivity contribution in [1.82, 2.24) is 0 Å². The van der Waals surface area contributed by atoms with Crippen molar-refractivity contribution in [2.75, 3.05) is 6.61 Å². The highest BCUT2D eigenvalue weighted by molar-refractivity contribution is 5.69. The van der Waals surface area contributed by atoms with Crippen LogP contribution < -0.4 is 0 Å². The van der Waals surface area contributed by atoms with Gasteiger partial charge in [0.2, 0.25) is 0 Å². The predicted molar refractivity (Wildman–Crippen MR) is 64.5 cm³/mol. The summed E-state index contributed by atoms with van der Waals surface area (Å²) in [6.07, 6.45) is -0.770. The maximum atomic E-state index is 11.4. The molecule has 0 aromatic rings. The molecule has 0 aromatic heterocycles. The van der Waals surface area contributed by atoms with Gasteiger partial charge in [0.1, 0.15) is 18.3 Å². The van der Waals surface area contributed by atoms with E-state index in [-0.39, 0.29) is 19.3 Å². The zero-order chi connectivity index (χ0) is 15.8. The van der Waals surface area contributed by atoms with Gasteiger partial charge in [0.15, 0.2) is 0 Å². The van der Waals surface area contributed by atoms with Crippen LogP contribution in [0.2, 0.25) is 0 Å². The van der Waals surface area contributed by atoms with Crippen molar-refractivity contribution in [3.8, 4) is 0 Å². The molecule has 0 radical (unpaired) electrons. The van der Waals surface area contributed by atoms with Crippen LogP contribution in [0.3, 0.4) is 0 Å². The number of ether oxygens (including phenoxy) is 1. The maximum absolute atomic E-state index is 11.4. The van der Waals surface area contributed by atoms with Gasteiger partial charge in [-0.05, 0) is 33.6 Å². The summed E-state index contributed by atoms with van der Waals surface area (Å²) in [7, 11) is 0. The van der Waals surface area contributed by atoms with E-state index in [4.69, 9.17) is 4.74 Å². The van der Waals surface area contributed by atoms with E-state index in [0.29, 0.717) is 0 Å². The Labute approximate surface area is 115 Å². The minimum atomic E-state index is -1.10. The molecule has 1 unspecified atom stereocenters. The number of rotatable bonds is 9.